The van der Waals surface area contributed by atoms with Crippen molar-refractivity contribution >= 4 is 22.5 Å². The van der Waals surface area contributed by atoms with E-state index in [2.05, 4.69) is 0 Å². The SMILES string of the molecule is CCOc1ccc(OCCCCCn2c(-c3ccc(Cl)cc3)nc3ccccc3c2=O)cc1. The van der Waals surface area contributed by atoms with Crippen molar-refractivity contribution in [2.24, 2.45) is 0 Å². The number of fused-ring (bicyclic) bond motifs is 1. The number of unbranched alkanes of at least 4 members (excludes halogenated alkanes) is 2. The minimum absolute atomic E-state index is 0.0174. The molecule has 0 atom stereocenters. The van der Waals surface area contributed by atoms with Gasteiger partial charge in [-0.15, -0.1) is 0 Å². The van der Waals surface area contributed by atoms with Gasteiger partial charge in [-0.05, 0) is 86.8 Å². The lowest BCUT2D eigenvalue weighted by atomic mass is 10.1. The highest BCUT2D eigenvalue weighted by molar-refractivity contribution is 6.30. The number of halogens is 1. The largest absolute Gasteiger partial charge is 0.494 e. The number of benzene rings is 3. The van der Waals surface area contributed by atoms with Crippen molar-refractivity contribution in [2.75, 3.05) is 13.2 Å². The summed E-state index contributed by atoms with van der Waals surface area (Å²) in [6.45, 7) is 3.83. The van der Waals surface area contributed by atoms with Crippen LogP contribution in [-0.4, -0.2) is 22.8 Å². The molecule has 0 radical (unpaired) electrons. The molecule has 0 unspecified atom stereocenters. The van der Waals surface area contributed by atoms with Gasteiger partial charge in [0.25, 0.3) is 5.56 Å². The number of nitrogens with zero attached hydrogens (tertiary/aromatic N) is 2. The number of ether oxygens (including phenoxy) is 2. The lowest BCUT2D eigenvalue weighted by Crippen LogP contribution is -2.23. The van der Waals surface area contributed by atoms with Crippen LogP contribution in [0, 0.1) is 0 Å². The summed E-state index contributed by atoms with van der Waals surface area (Å²) in [5.74, 6) is 2.34. The molecule has 0 amide bonds. The van der Waals surface area contributed by atoms with Crippen molar-refractivity contribution in [1.29, 1.82) is 0 Å². The fourth-order valence-corrected chi connectivity index (χ4v) is 3.86. The van der Waals surface area contributed by atoms with E-state index in [4.69, 9.17) is 26.1 Å². The molecule has 0 bridgehead atoms. The van der Waals surface area contributed by atoms with E-state index in [0.29, 0.717) is 41.5 Å². The van der Waals surface area contributed by atoms with Gasteiger partial charge >= 0.3 is 0 Å². The first-order chi connectivity index (χ1) is 16.2. The third kappa shape index (κ3) is 5.74. The Morgan fingerprint density at radius 1 is 0.848 bits per heavy atom. The molecule has 3 aromatic carbocycles. The van der Waals surface area contributed by atoms with Crippen molar-refractivity contribution in [3.8, 4) is 22.9 Å². The van der Waals surface area contributed by atoms with Crippen LogP contribution in [0.5, 0.6) is 11.5 Å². The van der Waals surface area contributed by atoms with Crippen LogP contribution >= 0.6 is 11.6 Å². The Balaban J connectivity index is 1.40. The fraction of sp³-hybridized carbons (Fsp3) is 0.259. The van der Waals surface area contributed by atoms with E-state index in [1.807, 2.05) is 79.7 Å². The van der Waals surface area contributed by atoms with E-state index in [1.54, 1.807) is 4.57 Å². The third-order valence-corrected chi connectivity index (χ3v) is 5.65. The minimum atomic E-state index is -0.0174. The molecule has 4 rings (SSSR count). The summed E-state index contributed by atoms with van der Waals surface area (Å²) in [5, 5.41) is 1.29. The summed E-state index contributed by atoms with van der Waals surface area (Å²) < 4.78 is 13.1. The molecule has 0 N–H and O–H groups in total. The van der Waals surface area contributed by atoms with Gasteiger partial charge in [-0.25, -0.2) is 4.98 Å². The van der Waals surface area contributed by atoms with Crippen molar-refractivity contribution in [1.82, 2.24) is 9.55 Å². The van der Waals surface area contributed by atoms with Gasteiger partial charge in [0.05, 0.1) is 24.1 Å². The van der Waals surface area contributed by atoms with Gasteiger partial charge in [0.2, 0.25) is 0 Å². The van der Waals surface area contributed by atoms with Crippen LogP contribution in [-0.2, 0) is 6.54 Å². The average Bonchev–Trinajstić information content (AvgIpc) is 2.84. The van der Waals surface area contributed by atoms with E-state index in [1.165, 1.54) is 0 Å². The quantitative estimate of drug-likeness (QED) is 0.257. The lowest BCUT2D eigenvalue weighted by molar-refractivity contribution is 0.302. The summed E-state index contributed by atoms with van der Waals surface area (Å²) in [5.41, 5.74) is 1.56. The topological polar surface area (TPSA) is 53.4 Å². The highest BCUT2D eigenvalue weighted by Gasteiger charge is 2.12. The number of rotatable bonds is 10. The molecule has 4 aromatic rings. The predicted octanol–water partition coefficient (Wildman–Crippen LogP) is 6.36. The van der Waals surface area contributed by atoms with E-state index in [0.717, 1.165) is 36.3 Å². The van der Waals surface area contributed by atoms with Crippen LogP contribution in [0.4, 0.5) is 0 Å². The molecular formula is C27H27ClN2O3. The highest BCUT2D eigenvalue weighted by Crippen LogP contribution is 2.22. The number of para-hydroxylation sites is 1. The smallest absolute Gasteiger partial charge is 0.261 e. The van der Waals surface area contributed by atoms with Crippen LogP contribution in [0.15, 0.2) is 77.6 Å². The van der Waals surface area contributed by atoms with E-state index in [9.17, 15) is 4.79 Å². The Hall–Kier alpha value is -3.31. The van der Waals surface area contributed by atoms with E-state index in [-0.39, 0.29) is 5.56 Å². The zero-order chi connectivity index (χ0) is 23.0. The second kappa shape index (κ2) is 11.0. The molecule has 0 aliphatic rings. The van der Waals surface area contributed by atoms with Gasteiger partial charge in [-0.1, -0.05) is 23.7 Å². The standard InChI is InChI=1S/C27H27ClN2O3/c1-2-32-22-14-16-23(17-15-22)33-19-7-3-6-18-30-26(20-10-12-21(28)13-11-20)29-25-9-5-4-8-24(25)27(30)31/h4-5,8-17H,2-3,6-7,18-19H2,1H3. The molecule has 0 saturated heterocycles. The number of aromatic nitrogens is 2. The molecule has 170 valence electrons. The van der Waals surface area contributed by atoms with Crippen molar-refractivity contribution in [3.63, 3.8) is 0 Å². The van der Waals surface area contributed by atoms with Crippen LogP contribution in [0.1, 0.15) is 26.2 Å². The molecule has 0 aliphatic heterocycles. The summed E-state index contributed by atoms with van der Waals surface area (Å²) in [4.78, 5) is 18.0. The molecule has 5 nitrogen and oxygen atoms in total. The summed E-state index contributed by atoms with van der Waals surface area (Å²) in [6.07, 6.45) is 2.70. The molecule has 0 spiro atoms. The summed E-state index contributed by atoms with van der Waals surface area (Å²) in [7, 11) is 0. The second-order valence-corrected chi connectivity index (χ2v) is 8.17. The Labute approximate surface area is 198 Å². The van der Waals surface area contributed by atoms with Gasteiger partial charge in [-0.3, -0.25) is 9.36 Å². The molecule has 0 saturated carbocycles. The second-order valence-electron chi connectivity index (χ2n) is 7.73. The van der Waals surface area contributed by atoms with Gasteiger partial charge in [-0.2, -0.15) is 0 Å². The molecule has 33 heavy (non-hydrogen) atoms. The van der Waals surface area contributed by atoms with Crippen molar-refractivity contribution < 1.29 is 9.47 Å². The van der Waals surface area contributed by atoms with Crippen molar-refractivity contribution in [3.05, 3.63) is 88.2 Å². The molecule has 0 fully saturated rings. The normalized spacial score (nSPS) is 11.0. The Morgan fingerprint density at radius 2 is 1.55 bits per heavy atom. The zero-order valence-electron chi connectivity index (χ0n) is 18.7. The van der Waals surface area contributed by atoms with Crippen molar-refractivity contribution in [2.45, 2.75) is 32.7 Å². The third-order valence-electron chi connectivity index (χ3n) is 5.39. The summed E-state index contributed by atoms with van der Waals surface area (Å²) in [6, 6.07) is 22.6. The Bertz CT molecular complexity index is 1250. The van der Waals surface area contributed by atoms with Crippen LogP contribution in [0.2, 0.25) is 5.02 Å². The summed E-state index contributed by atoms with van der Waals surface area (Å²) >= 11 is 6.06. The van der Waals surface area contributed by atoms with E-state index >= 15 is 0 Å². The molecule has 0 aliphatic carbocycles. The maximum Gasteiger partial charge on any atom is 0.261 e. The zero-order valence-corrected chi connectivity index (χ0v) is 19.4. The first-order valence-electron chi connectivity index (χ1n) is 11.3. The Morgan fingerprint density at radius 3 is 2.27 bits per heavy atom. The average molecular weight is 463 g/mol. The fourth-order valence-electron chi connectivity index (χ4n) is 3.73. The van der Waals surface area contributed by atoms with Gasteiger partial charge in [0, 0.05) is 17.1 Å². The van der Waals surface area contributed by atoms with E-state index < -0.39 is 0 Å². The van der Waals surface area contributed by atoms with Crippen LogP contribution < -0.4 is 15.0 Å². The van der Waals surface area contributed by atoms with Gasteiger partial charge in [0.15, 0.2) is 0 Å². The lowest BCUT2D eigenvalue weighted by Gasteiger charge is -2.14. The number of hydrogen-bond acceptors (Lipinski definition) is 4. The maximum atomic E-state index is 13.2. The van der Waals surface area contributed by atoms with Gasteiger partial charge < -0.3 is 9.47 Å². The first-order valence-corrected chi connectivity index (χ1v) is 11.6. The van der Waals surface area contributed by atoms with Gasteiger partial charge in [0.1, 0.15) is 17.3 Å². The predicted molar refractivity (Wildman–Crippen MR) is 133 cm³/mol. The maximum absolute atomic E-state index is 13.2. The minimum Gasteiger partial charge on any atom is -0.494 e. The molecule has 1 heterocycles. The first kappa shape index (κ1) is 22.9. The molecular weight excluding hydrogens is 436 g/mol. The molecule has 6 heteroatoms. The van der Waals surface area contributed by atoms with Crippen LogP contribution in [0.25, 0.3) is 22.3 Å². The number of hydrogen-bond donors (Lipinski definition) is 0. The molecule has 1 aromatic heterocycles. The monoisotopic (exact) mass is 462 g/mol. The Kier molecular flexibility index (Phi) is 7.63. The highest BCUT2D eigenvalue weighted by atomic mass is 35.5. The van der Waals surface area contributed by atoms with Crippen LogP contribution in [0.3, 0.4) is 0 Å².